The highest BCUT2D eigenvalue weighted by Gasteiger charge is 2.03. The summed E-state index contributed by atoms with van der Waals surface area (Å²) in [5, 5.41) is 0. The molecule has 0 radical (unpaired) electrons. The van der Waals surface area contributed by atoms with Gasteiger partial charge < -0.3 is 0 Å². The molecular formula is C8H10NO2S-. The van der Waals surface area contributed by atoms with Gasteiger partial charge in [-0.25, -0.2) is 13.1 Å². The van der Waals surface area contributed by atoms with E-state index in [1.807, 2.05) is 6.92 Å². The number of benzene rings is 1. The molecule has 12 heavy (non-hydrogen) atoms. The summed E-state index contributed by atoms with van der Waals surface area (Å²) in [6, 6.07) is 7.59. The zero-order valence-corrected chi connectivity index (χ0v) is 7.77. The Morgan fingerprint density at radius 1 is 1.42 bits per heavy atom. The number of rotatable bonds is 2. The van der Waals surface area contributed by atoms with E-state index in [4.69, 9.17) is 0 Å². The molecule has 0 heterocycles. The van der Waals surface area contributed by atoms with E-state index in [0.29, 0.717) is 0 Å². The van der Waals surface area contributed by atoms with Gasteiger partial charge in [0.2, 0.25) is 10.0 Å². The highest BCUT2D eigenvalue weighted by molar-refractivity contribution is 7.89. The molecule has 66 valence electrons. The molecule has 0 aliphatic carbocycles. The monoisotopic (exact) mass is 184 g/mol. The lowest BCUT2D eigenvalue weighted by Crippen LogP contribution is -2.18. The lowest BCUT2D eigenvalue weighted by atomic mass is 10.2. The van der Waals surface area contributed by atoms with Gasteiger partial charge in [-0.3, -0.25) is 0 Å². The lowest BCUT2D eigenvalue weighted by molar-refractivity contribution is 0.588. The summed E-state index contributed by atoms with van der Waals surface area (Å²) in [6.45, 7) is 1.88. The third-order valence-corrected chi connectivity index (χ3v) is 2.87. The van der Waals surface area contributed by atoms with E-state index in [9.17, 15) is 8.42 Å². The van der Waals surface area contributed by atoms with Crippen LogP contribution in [0.1, 0.15) is 5.56 Å². The first kappa shape index (κ1) is 9.22. The highest BCUT2D eigenvalue weighted by Crippen LogP contribution is 2.07. The smallest absolute Gasteiger partial charge is 0.216 e. The first-order valence-corrected chi connectivity index (χ1v) is 4.96. The average molecular weight is 184 g/mol. The molecule has 1 aromatic carbocycles. The Morgan fingerprint density at radius 3 is 2.50 bits per heavy atom. The van der Waals surface area contributed by atoms with Crippen molar-refractivity contribution in [1.82, 2.24) is 4.72 Å². The van der Waals surface area contributed by atoms with Gasteiger partial charge >= 0.3 is 0 Å². The maximum absolute atomic E-state index is 11.2. The van der Waals surface area contributed by atoms with Crippen molar-refractivity contribution in [1.29, 1.82) is 0 Å². The fourth-order valence-electron chi connectivity index (χ4n) is 0.765. The molecule has 0 fully saturated rings. The first-order chi connectivity index (χ1) is 5.56. The summed E-state index contributed by atoms with van der Waals surface area (Å²) in [5.41, 5.74) is 0.991. The fraction of sp³-hybridized carbons (Fsp3) is 0.250. The molecule has 0 atom stereocenters. The van der Waals surface area contributed by atoms with Gasteiger partial charge in [0, 0.05) is 0 Å². The molecule has 0 bridgehead atoms. The van der Waals surface area contributed by atoms with Crippen LogP contribution < -0.4 is 4.72 Å². The minimum atomic E-state index is -3.32. The fourth-order valence-corrected chi connectivity index (χ4v) is 1.45. The standard InChI is InChI=1S/C8H10NO2S/c1-7-3-5-8(6-4-7)12(10,11)9-2/h3-5,9H,1-2H3/q-1. The number of hydrogen-bond donors (Lipinski definition) is 1. The van der Waals surface area contributed by atoms with E-state index in [1.54, 1.807) is 12.1 Å². The Morgan fingerprint density at radius 2 is 2.08 bits per heavy atom. The molecule has 0 saturated carbocycles. The van der Waals surface area contributed by atoms with E-state index in [2.05, 4.69) is 10.8 Å². The van der Waals surface area contributed by atoms with E-state index < -0.39 is 10.0 Å². The molecule has 4 heteroatoms. The van der Waals surface area contributed by atoms with Gasteiger partial charge in [-0.05, 0) is 11.9 Å². The second-order valence-electron chi connectivity index (χ2n) is 2.44. The number of hydrogen-bond acceptors (Lipinski definition) is 2. The normalized spacial score (nSPS) is 11.5. The maximum Gasteiger partial charge on any atom is 0.217 e. The summed E-state index contributed by atoms with van der Waals surface area (Å²) < 4.78 is 24.6. The van der Waals surface area contributed by atoms with Crippen LogP contribution in [-0.4, -0.2) is 15.5 Å². The quantitative estimate of drug-likeness (QED) is 0.688. The second-order valence-corrected chi connectivity index (χ2v) is 4.29. The van der Waals surface area contributed by atoms with Crippen molar-refractivity contribution in [3.05, 3.63) is 29.8 Å². The Bertz CT molecular complexity index is 353. The zero-order valence-electron chi connectivity index (χ0n) is 6.96. The minimum Gasteiger partial charge on any atom is -0.216 e. The Kier molecular flexibility index (Phi) is 2.49. The van der Waals surface area contributed by atoms with E-state index >= 15 is 0 Å². The Labute approximate surface area is 72.5 Å². The van der Waals surface area contributed by atoms with Crippen molar-refractivity contribution in [2.45, 2.75) is 11.8 Å². The SMILES string of the molecule is CNS(=O)(=O)c1[c-]cc(C)cc1. The van der Waals surface area contributed by atoms with Crippen LogP contribution in [-0.2, 0) is 10.0 Å². The molecule has 1 aromatic rings. The predicted molar refractivity (Wildman–Crippen MR) is 46.3 cm³/mol. The van der Waals surface area contributed by atoms with E-state index in [0.717, 1.165) is 5.56 Å². The average Bonchev–Trinajstić information content (AvgIpc) is 2.05. The van der Waals surface area contributed by atoms with Crippen LogP contribution in [0.4, 0.5) is 0 Å². The van der Waals surface area contributed by atoms with Crippen molar-refractivity contribution in [2.24, 2.45) is 0 Å². The summed E-state index contributed by atoms with van der Waals surface area (Å²) in [6.07, 6.45) is 0. The van der Waals surface area contributed by atoms with Gasteiger partial charge in [-0.2, -0.15) is 29.8 Å². The van der Waals surface area contributed by atoms with Gasteiger partial charge in [0.1, 0.15) is 0 Å². The zero-order chi connectivity index (χ0) is 9.19. The van der Waals surface area contributed by atoms with Crippen molar-refractivity contribution in [3.63, 3.8) is 0 Å². The molecular weight excluding hydrogens is 174 g/mol. The maximum atomic E-state index is 11.2. The molecule has 1 rings (SSSR count). The van der Waals surface area contributed by atoms with Crippen LogP contribution in [0.5, 0.6) is 0 Å². The first-order valence-electron chi connectivity index (χ1n) is 3.48. The Hall–Kier alpha value is -0.870. The highest BCUT2D eigenvalue weighted by atomic mass is 32.2. The van der Waals surface area contributed by atoms with Gasteiger partial charge in [0.15, 0.2) is 0 Å². The lowest BCUT2D eigenvalue weighted by Gasteiger charge is -2.08. The van der Waals surface area contributed by atoms with Gasteiger partial charge in [-0.1, -0.05) is 6.92 Å². The number of sulfonamides is 1. The summed E-state index contributed by atoms with van der Waals surface area (Å²) in [7, 11) is -1.94. The molecule has 3 nitrogen and oxygen atoms in total. The van der Waals surface area contributed by atoms with Crippen LogP contribution in [0.3, 0.4) is 0 Å². The van der Waals surface area contributed by atoms with Crippen molar-refractivity contribution >= 4 is 10.0 Å². The van der Waals surface area contributed by atoms with Crippen LogP contribution in [0.15, 0.2) is 23.1 Å². The van der Waals surface area contributed by atoms with Crippen LogP contribution >= 0.6 is 0 Å². The predicted octanol–water partition coefficient (Wildman–Crippen LogP) is 0.703. The molecule has 0 unspecified atom stereocenters. The van der Waals surface area contributed by atoms with E-state index in [1.165, 1.54) is 13.1 Å². The third kappa shape index (κ3) is 1.84. The van der Waals surface area contributed by atoms with Gasteiger partial charge in [0.25, 0.3) is 0 Å². The largest absolute Gasteiger partial charge is 0.217 e. The van der Waals surface area contributed by atoms with Gasteiger partial charge in [0.05, 0.1) is 0 Å². The molecule has 0 aliphatic rings. The Balaban J connectivity index is 3.14. The molecule has 0 saturated heterocycles. The molecule has 0 aliphatic heterocycles. The molecule has 0 aromatic heterocycles. The summed E-state index contributed by atoms with van der Waals surface area (Å²) in [5.74, 6) is 0. The molecule has 0 spiro atoms. The van der Waals surface area contributed by atoms with Crippen molar-refractivity contribution in [2.75, 3.05) is 7.05 Å². The van der Waals surface area contributed by atoms with Crippen LogP contribution in [0, 0.1) is 13.0 Å². The minimum absolute atomic E-state index is 0.176. The summed E-state index contributed by atoms with van der Waals surface area (Å²) in [4.78, 5) is 0.176. The third-order valence-electron chi connectivity index (χ3n) is 1.50. The molecule has 0 amide bonds. The van der Waals surface area contributed by atoms with Crippen LogP contribution in [0.2, 0.25) is 0 Å². The van der Waals surface area contributed by atoms with Crippen LogP contribution in [0.25, 0.3) is 0 Å². The summed E-state index contributed by atoms with van der Waals surface area (Å²) >= 11 is 0. The van der Waals surface area contributed by atoms with Crippen molar-refractivity contribution in [3.8, 4) is 0 Å². The second kappa shape index (κ2) is 3.25. The number of aryl methyl sites for hydroxylation is 1. The number of nitrogens with one attached hydrogen (secondary N) is 1. The topological polar surface area (TPSA) is 46.2 Å². The van der Waals surface area contributed by atoms with E-state index in [-0.39, 0.29) is 4.90 Å². The van der Waals surface area contributed by atoms with Gasteiger partial charge in [-0.15, -0.1) is 0 Å². The molecule has 1 N–H and O–H groups in total. The van der Waals surface area contributed by atoms with Crippen molar-refractivity contribution < 1.29 is 8.42 Å².